The molecule has 1 fully saturated rings. The van der Waals surface area contributed by atoms with Crippen LogP contribution in [0.5, 0.6) is 0 Å². The van der Waals surface area contributed by atoms with Crippen LogP contribution in [0, 0.1) is 11.6 Å². The van der Waals surface area contributed by atoms with Gasteiger partial charge < -0.3 is 15.1 Å². The van der Waals surface area contributed by atoms with Gasteiger partial charge in [0.15, 0.2) is 11.5 Å². The first-order valence-corrected chi connectivity index (χ1v) is 8.84. The summed E-state index contributed by atoms with van der Waals surface area (Å²) in [6.07, 6.45) is 0. The van der Waals surface area contributed by atoms with Crippen LogP contribution in [0.25, 0.3) is 0 Å². The maximum atomic E-state index is 14.0. The number of rotatable bonds is 4. The fourth-order valence-corrected chi connectivity index (χ4v) is 3.17. The predicted molar refractivity (Wildman–Crippen MR) is 101 cm³/mol. The van der Waals surface area contributed by atoms with Gasteiger partial charge in [-0.25, -0.2) is 8.78 Å². The molecule has 2 N–H and O–H groups in total. The van der Waals surface area contributed by atoms with Gasteiger partial charge in [-0.05, 0) is 24.3 Å². The summed E-state index contributed by atoms with van der Waals surface area (Å²) in [6.45, 7) is 1.83. The van der Waals surface area contributed by atoms with Gasteiger partial charge in [-0.2, -0.15) is 5.21 Å². The van der Waals surface area contributed by atoms with Gasteiger partial charge in [0.05, 0.1) is 11.4 Å². The van der Waals surface area contributed by atoms with Crippen LogP contribution in [-0.4, -0.2) is 52.4 Å². The molecule has 9 heteroatoms. The summed E-state index contributed by atoms with van der Waals surface area (Å²) in [7, 11) is 0. The van der Waals surface area contributed by atoms with Gasteiger partial charge in [0.25, 0.3) is 5.91 Å². The Labute approximate surface area is 160 Å². The Bertz CT molecular complexity index is 984. The number of carbonyl (C=O) groups is 1. The summed E-state index contributed by atoms with van der Waals surface area (Å²) >= 11 is 0. The van der Waals surface area contributed by atoms with Crippen LogP contribution in [-0.2, 0) is 0 Å². The molecule has 0 bridgehead atoms. The summed E-state index contributed by atoms with van der Waals surface area (Å²) in [5.41, 5.74) is 0.815. The van der Waals surface area contributed by atoms with E-state index in [1.165, 1.54) is 12.1 Å². The number of aromatic nitrogens is 3. The Kier molecular flexibility index (Phi) is 4.88. The number of aromatic amines is 1. The van der Waals surface area contributed by atoms with E-state index in [1.54, 1.807) is 41.3 Å². The zero-order valence-electron chi connectivity index (χ0n) is 14.9. The van der Waals surface area contributed by atoms with Crippen molar-refractivity contribution in [3.8, 4) is 0 Å². The first-order chi connectivity index (χ1) is 13.6. The van der Waals surface area contributed by atoms with Crippen LogP contribution < -0.4 is 10.2 Å². The molecule has 1 aromatic heterocycles. The molecule has 0 radical (unpaired) electrons. The van der Waals surface area contributed by atoms with Crippen molar-refractivity contribution in [2.24, 2.45) is 0 Å². The van der Waals surface area contributed by atoms with Crippen molar-refractivity contribution in [2.75, 3.05) is 36.4 Å². The van der Waals surface area contributed by atoms with Gasteiger partial charge in [0.1, 0.15) is 11.6 Å². The maximum Gasteiger partial charge on any atom is 0.278 e. The molecule has 2 heterocycles. The summed E-state index contributed by atoms with van der Waals surface area (Å²) in [4.78, 5) is 16.4. The highest BCUT2D eigenvalue weighted by molar-refractivity contribution is 5.97. The van der Waals surface area contributed by atoms with Crippen molar-refractivity contribution in [1.82, 2.24) is 20.3 Å². The smallest absolute Gasteiger partial charge is 0.278 e. The highest BCUT2D eigenvalue weighted by atomic mass is 19.1. The van der Waals surface area contributed by atoms with Crippen molar-refractivity contribution in [3.05, 3.63) is 65.9 Å². The zero-order chi connectivity index (χ0) is 19.5. The second kappa shape index (κ2) is 7.63. The standard InChI is InChI=1S/C19H18F2N6O/c20-13-5-1-3-7-15(13)22-18-17(23-25-24-18)19(28)27-11-9-26(10-12-27)16-8-4-2-6-14(16)21/h1-8H,9-12H2,(H2,22,23,24,25). The Balaban J connectivity index is 1.45. The number of piperazine rings is 1. The first-order valence-electron chi connectivity index (χ1n) is 8.84. The lowest BCUT2D eigenvalue weighted by atomic mass is 10.2. The first kappa shape index (κ1) is 17.9. The highest BCUT2D eigenvalue weighted by Crippen LogP contribution is 2.23. The average Bonchev–Trinajstić information content (AvgIpc) is 3.18. The second-order valence-electron chi connectivity index (χ2n) is 6.36. The Hall–Kier alpha value is -3.49. The third kappa shape index (κ3) is 3.51. The number of hydrogen-bond acceptors (Lipinski definition) is 5. The van der Waals surface area contributed by atoms with Gasteiger partial charge >= 0.3 is 0 Å². The molecule has 0 aliphatic carbocycles. The average molecular weight is 384 g/mol. The lowest BCUT2D eigenvalue weighted by Crippen LogP contribution is -2.49. The summed E-state index contributed by atoms with van der Waals surface area (Å²) in [5, 5.41) is 13.0. The molecule has 7 nitrogen and oxygen atoms in total. The minimum Gasteiger partial charge on any atom is -0.366 e. The second-order valence-corrected chi connectivity index (χ2v) is 6.36. The maximum absolute atomic E-state index is 14.0. The van der Waals surface area contributed by atoms with Gasteiger partial charge in [0, 0.05) is 26.2 Å². The number of amides is 1. The van der Waals surface area contributed by atoms with E-state index in [-0.39, 0.29) is 28.9 Å². The molecule has 1 amide bonds. The number of para-hydroxylation sites is 2. The fraction of sp³-hybridized carbons (Fsp3) is 0.211. The van der Waals surface area contributed by atoms with E-state index in [1.807, 2.05) is 4.90 Å². The van der Waals surface area contributed by atoms with E-state index in [2.05, 4.69) is 20.7 Å². The number of nitrogens with one attached hydrogen (secondary N) is 2. The summed E-state index contributed by atoms with van der Waals surface area (Å²) in [5.74, 6) is -0.898. The molecule has 0 spiro atoms. The van der Waals surface area contributed by atoms with Crippen molar-refractivity contribution in [2.45, 2.75) is 0 Å². The number of anilines is 3. The van der Waals surface area contributed by atoms with E-state index < -0.39 is 5.82 Å². The number of halogens is 2. The monoisotopic (exact) mass is 384 g/mol. The molecule has 28 heavy (non-hydrogen) atoms. The zero-order valence-corrected chi connectivity index (χ0v) is 14.9. The number of H-pyrrole nitrogens is 1. The lowest BCUT2D eigenvalue weighted by molar-refractivity contribution is 0.0741. The largest absolute Gasteiger partial charge is 0.366 e. The third-order valence-electron chi connectivity index (χ3n) is 4.64. The van der Waals surface area contributed by atoms with E-state index >= 15 is 0 Å². The van der Waals surface area contributed by atoms with Crippen LogP contribution in [0.1, 0.15) is 10.5 Å². The molecule has 0 saturated carbocycles. The SMILES string of the molecule is O=C(c1n[nH]nc1Nc1ccccc1F)N1CCN(c2ccccc2F)CC1. The van der Waals surface area contributed by atoms with Crippen LogP contribution in [0.2, 0.25) is 0 Å². The van der Waals surface area contributed by atoms with Gasteiger partial charge in [-0.15, -0.1) is 10.2 Å². The molecule has 1 aliphatic heterocycles. The van der Waals surface area contributed by atoms with E-state index in [0.717, 1.165) is 0 Å². The molecule has 144 valence electrons. The van der Waals surface area contributed by atoms with E-state index in [4.69, 9.17) is 0 Å². The Morgan fingerprint density at radius 3 is 2.32 bits per heavy atom. The van der Waals surface area contributed by atoms with E-state index in [0.29, 0.717) is 31.9 Å². The molecule has 0 unspecified atom stereocenters. The number of hydrogen-bond donors (Lipinski definition) is 2. The van der Waals surface area contributed by atoms with E-state index in [9.17, 15) is 13.6 Å². The molecule has 3 aromatic rings. The molecule has 2 aromatic carbocycles. The van der Waals surface area contributed by atoms with Crippen molar-refractivity contribution >= 4 is 23.1 Å². The fourth-order valence-electron chi connectivity index (χ4n) is 3.17. The highest BCUT2D eigenvalue weighted by Gasteiger charge is 2.27. The van der Waals surface area contributed by atoms with Gasteiger partial charge in [-0.3, -0.25) is 4.79 Å². The number of carbonyl (C=O) groups excluding carboxylic acids is 1. The van der Waals surface area contributed by atoms with Gasteiger partial charge in [-0.1, -0.05) is 24.3 Å². The number of nitrogens with zero attached hydrogens (tertiary/aromatic N) is 4. The molecule has 1 aliphatic rings. The molecular weight excluding hydrogens is 366 g/mol. The van der Waals surface area contributed by atoms with Crippen LogP contribution >= 0.6 is 0 Å². The molecule has 1 saturated heterocycles. The third-order valence-corrected chi connectivity index (χ3v) is 4.64. The Morgan fingerprint density at radius 2 is 1.61 bits per heavy atom. The molecule has 0 atom stereocenters. The quantitative estimate of drug-likeness (QED) is 0.723. The van der Waals surface area contributed by atoms with Crippen molar-refractivity contribution in [3.63, 3.8) is 0 Å². The molecular formula is C19H18F2N6O. The van der Waals surface area contributed by atoms with Crippen LogP contribution in [0.4, 0.5) is 26.0 Å². The summed E-state index contributed by atoms with van der Waals surface area (Å²) < 4.78 is 27.8. The minimum atomic E-state index is -0.456. The van der Waals surface area contributed by atoms with Crippen LogP contribution in [0.3, 0.4) is 0 Å². The minimum absolute atomic E-state index is 0.0857. The number of benzene rings is 2. The summed E-state index contributed by atoms with van der Waals surface area (Å²) in [6, 6.07) is 12.7. The predicted octanol–water partition coefficient (Wildman–Crippen LogP) is 2.79. The normalized spacial score (nSPS) is 14.2. The van der Waals surface area contributed by atoms with Crippen molar-refractivity contribution in [1.29, 1.82) is 0 Å². The topological polar surface area (TPSA) is 77.1 Å². The van der Waals surface area contributed by atoms with Crippen LogP contribution in [0.15, 0.2) is 48.5 Å². The van der Waals surface area contributed by atoms with Gasteiger partial charge in [0.2, 0.25) is 0 Å². The van der Waals surface area contributed by atoms with Crippen molar-refractivity contribution < 1.29 is 13.6 Å². The lowest BCUT2D eigenvalue weighted by Gasteiger charge is -2.35. The Morgan fingerprint density at radius 1 is 0.929 bits per heavy atom. The molecule has 4 rings (SSSR count).